The molecule has 0 unspecified atom stereocenters. The third kappa shape index (κ3) is 3.64. The number of nitrogens with one attached hydrogen (secondary N) is 1. The molecule has 1 N–H and O–H groups in total. The molecule has 0 aliphatic heterocycles. The van der Waals surface area contributed by atoms with Crippen molar-refractivity contribution in [1.82, 2.24) is 15.0 Å². The number of nitrogens with zero attached hydrogens (tertiary/aromatic N) is 3. The van der Waals surface area contributed by atoms with Crippen molar-refractivity contribution in [2.24, 2.45) is 0 Å². The first-order valence-corrected chi connectivity index (χ1v) is 5.51. The topological polar surface area (TPSA) is 50.7 Å². The highest BCUT2D eigenvalue weighted by Crippen LogP contribution is 2.27. The van der Waals surface area contributed by atoms with Crippen LogP contribution in [0.3, 0.4) is 0 Å². The smallest absolute Gasteiger partial charge is 0.378 e. The fourth-order valence-corrected chi connectivity index (χ4v) is 1.46. The predicted octanol–water partition coefficient (Wildman–Crippen LogP) is 2.81. The van der Waals surface area contributed by atoms with E-state index in [-0.39, 0.29) is 0 Å². The second-order valence-electron chi connectivity index (χ2n) is 3.88. The summed E-state index contributed by atoms with van der Waals surface area (Å²) in [6.45, 7) is 2.17. The molecule has 0 bridgehead atoms. The minimum Gasteiger partial charge on any atom is -0.378 e. The standard InChI is InChI=1S/C12H11F3N4/c1-8-16-5-4-10(19-8)7-17-9-2-3-11(18-6-9)12(13,14)15/h2-6,17H,7H2,1H3. The molecule has 0 aliphatic carbocycles. The molecule has 19 heavy (non-hydrogen) atoms. The van der Waals surface area contributed by atoms with E-state index in [1.54, 1.807) is 19.2 Å². The minimum atomic E-state index is -4.41. The van der Waals surface area contributed by atoms with Crippen molar-refractivity contribution in [1.29, 1.82) is 0 Å². The highest BCUT2D eigenvalue weighted by molar-refractivity contribution is 5.41. The summed E-state index contributed by atoms with van der Waals surface area (Å²) in [4.78, 5) is 11.5. The minimum absolute atomic E-state index is 0.399. The molecule has 2 rings (SSSR count). The van der Waals surface area contributed by atoms with Gasteiger partial charge in [0, 0.05) is 6.20 Å². The lowest BCUT2D eigenvalue weighted by Gasteiger charge is -2.08. The number of anilines is 1. The summed E-state index contributed by atoms with van der Waals surface area (Å²) in [5.41, 5.74) is 0.354. The maximum atomic E-state index is 12.3. The number of hydrogen-bond acceptors (Lipinski definition) is 4. The van der Waals surface area contributed by atoms with E-state index in [2.05, 4.69) is 20.3 Å². The lowest BCUT2D eigenvalue weighted by Crippen LogP contribution is -2.08. The van der Waals surface area contributed by atoms with E-state index in [0.29, 0.717) is 18.1 Å². The van der Waals surface area contributed by atoms with Crippen molar-refractivity contribution >= 4 is 5.69 Å². The molecule has 0 atom stereocenters. The summed E-state index contributed by atoms with van der Waals surface area (Å²) in [7, 11) is 0. The van der Waals surface area contributed by atoms with E-state index in [4.69, 9.17) is 0 Å². The van der Waals surface area contributed by atoms with Crippen LogP contribution in [0.1, 0.15) is 17.2 Å². The highest BCUT2D eigenvalue weighted by atomic mass is 19.4. The van der Waals surface area contributed by atoms with Gasteiger partial charge in [-0.3, -0.25) is 0 Å². The number of aryl methyl sites for hydroxylation is 1. The first-order valence-electron chi connectivity index (χ1n) is 5.51. The largest absolute Gasteiger partial charge is 0.433 e. The summed E-state index contributed by atoms with van der Waals surface area (Å²) in [5.74, 6) is 0.643. The number of aromatic nitrogens is 3. The Morgan fingerprint density at radius 1 is 1.16 bits per heavy atom. The van der Waals surface area contributed by atoms with E-state index in [1.165, 1.54) is 6.07 Å². The van der Waals surface area contributed by atoms with Gasteiger partial charge in [-0.1, -0.05) is 0 Å². The molecule has 0 saturated heterocycles. The van der Waals surface area contributed by atoms with Gasteiger partial charge < -0.3 is 5.32 Å². The van der Waals surface area contributed by atoms with Crippen molar-refractivity contribution in [3.63, 3.8) is 0 Å². The van der Waals surface area contributed by atoms with Crippen LogP contribution < -0.4 is 5.32 Å². The summed E-state index contributed by atoms with van der Waals surface area (Å²) in [5, 5.41) is 2.95. The Balaban J connectivity index is 2.01. The Morgan fingerprint density at radius 3 is 2.53 bits per heavy atom. The zero-order valence-electron chi connectivity index (χ0n) is 10.1. The number of pyridine rings is 1. The summed E-state index contributed by atoms with van der Waals surface area (Å²) < 4.78 is 36.9. The number of rotatable bonds is 3. The molecule has 4 nitrogen and oxygen atoms in total. The van der Waals surface area contributed by atoms with E-state index in [1.807, 2.05) is 0 Å². The second-order valence-corrected chi connectivity index (χ2v) is 3.88. The maximum Gasteiger partial charge on any atom is 0.433 e. The fourth-order valence-electron chi connectivity index (χ4n) is 1.46. The van der Waals surface area contributed by atoms with E-state index in [9.17, 15) is 13.2 Å². The monoisotopic (exact) mass is 268 g/mol. The highest BCUT2D eigenvalue weighted by Gasteiger charge is 2.31. The zero-order valence-corrected chi connectivity index (χ0v) is 10.1. The van der Waals surface area contributed by atoms with Crippen LogP contribution in [0.15, 0.2) is 30.6 Å². The SMILES string of the molecule is Cc1nccc(CNc2ccc(C(F)(F)F)nc2)n1. The molecule has 0 aromatic carbocycles. The van der Waals surface area contributed by atoms with Gasteiger partial charge in [-0.05, 0) is 25.1 Å². The van der Waals surface area contributed by atoms with Gasteiger partial charge in [-0.25, -0.2) is 15.0 Å². The van der Waals surface area contributed by atoms with Crippen molar-refractivity contribution in [2.45, 2.75) is 19.6 Å². The van der Waals surface area contributed by atoms with Crippen LogP contribution in [-0.2, 0) is 12.7 Å². The first-order chi connectivity index (χ1) is 8.95. The number of halogens is 3. The number of hydrogen-bond donors (Lipinski definition) is 1. The van der Waals surface area contributed by atoms with Gasteiger partial charge >= 0.3 is 6.18 Å². The van der Waals surface area contributed by atoms with Crippen molar-refractivity contribution in [3.8, 4) is 0 Å². The van der Waals surface area contributed by atoms with Gasteiger partial charge in [0.2, 0.25) is 0 Å². The Hall–Kier alpha value is -2.18. The van der Waals surface area contributed by atoms with Gasteiger partial charge in [-0.2, -0.15) is 13.2 Å². The molecule has 0 spiro atoms. The van der Waals surface area contributed by atoms with Gasteiger partial charge in [0.1, 0.15) is 11.5 Å². The Morgan fingerprint density at radius 2 is 1.95 bits per heavy atom. The molecule has 0 radical (unpaired) electrons. The molecule has 100 valence electrons. The van der Waals surface area contributed by atoms with E-state index < -0.39 is 11.9 Å². The Kier molecular flexibility index (Phi) is 3.64. The van der Waals surface area contributed by atoms with Gasteiger partial charge in [0.05, 0.1) is 24.1 Å². The molecule has 0 aliphatic rings. The zero-order chi connectivity index (χ0) is 13.9. The normalized spacial score (nSPS) is 11.4. The summed E-state index contributed by atoms with van der Waals surface area (Å²) >= 11 is 0. The van der Waals surface area contributed by atoms with Crippen molar-refractivity contribution in [3.05, 3.63) is 47.8 Å². The molecule has 0 amide bonds. The molecular formula is C12H11F3N4. The Bertz CT molecular complexity index is 552. The lowest BCUT2D eigenvalue weighted by molar-refractivity contribution is -0.141. The molecule has 7 heteroatoms. The van der Waals surface area contributed by atoms with Crippen LogP contribution in [0.5, 0.6) is 0 Å². The van der Waals surface area contributed by atoms with Crippen LogP contribution in [0.2, 0.25) is 0 Å². The molecular weight excluding hydrogens is 257 g/mol. The van der Waals surface area contributed by atoms with Crippen molar-refractivity contribution in [2.75, 3.05) is 5.32 Å². The lowest BCUT2D eigenvalue weighted by atomic mass is 10.3. The van der Waals surface area contributed by atoms with Gasteiger partial charge in [0.15, 0.2) is 0 Å². The third-order valence-corrected chi connectivity index (χ3v) is 2.36. The van der Waals surface area contributed by atoms with Crippen LogP contribution in [0.25, 0.3) is 0 Å². The maximum absolute atomic E-state index is 12.3. The third-order valence-electron chi connectivity index (χ3n) is 2.36. The average molecular weight is 268 g/mol. The van der Waals surface area contributed by atoms with E-state index >= 15 is 0 Å². The van der Waals surface area contributed by atoms with Gasteiger partial charge in [-0.15, -0.1) is 0 Å². The van der Waals surface area contributed by atoms with Crippen LogP contribution in [0.4, 0.5) is 18.9 Å². The molecule has 2 heterocycles. The fraction of sp³-hybridized carbons (Fsp3) is 0.250. The van der Waals surface area contributed by atoms with Crippen LogP contribution in [0, 0.1) is 6.92 Å². The second kappa shape index (κ2) is 5.21. The predicted molar refractivity (Wildman–Crippen MR) is 63.3 cm³/mol. The summed E-state index contributed by atoms with van der Waals surface area (Å²) in [6.07, 6.45) is -1.64. The molecule has 0 fully saturated rings. The molecule has 2 aromatic rings. The van der Waals surface area contributed by atoms with Gasteiger partial charge in [0.25, 0.3) is 0 Å². The summed E-state index contributed by atoms with van der Waals surface area (Å²) in [6, 6.07) is 4.01. The Labute approximate surface area is 107 Å². The molecule has 0 saturated carbocycles. The first kappa shape index (κ1) is 13.3. The van der Waals surface area contributed by atoms with Crippen LogP contribution in [-0.4, -0.2) is 15.0 Å². The van der Waals surface area contributed by atoms with Crippen molar-refractivity contribution < 1.29 is 13.2 Å². The van der Waals surface area contributed by atoms with Crippen LogP contribution >= 0.6 is 0 Å². The average Bonchev–Trinajstić information content (AvgIpc) is 2.36. The molecule has 2 aromatic heterocycles. The van der Waals surface area contributed by atoms with E-state index in [0.717, 1.165) is 18.0 Å². The quantitative estimate of drug-likeness (QED) is 0.930. The number of alkyl halides is 3.